The van der Waals surface area contributed by atoms with Crippen molar-refractivity contribution in [1.29, 1.82) is 0 Å². The van der Waals surface area contributed by atoms with E-state index in [0.29, 0.717) is 37.0 Å². The minimum atomic E-state index is -3.49. The second kappa shape index (κ2) is 8.43. The van der Waals surface area contributed by atoms with Crippen LogP contribution < -0.4 is 0 Å². The highest BCUT2D eigenvalue weighted by Crippen LogP contribution is 2.22. The Kier molecular flexibility index (Phi) is 6.24. The van der Waals surface area contributed by atoms with Crippen molar-refractivity contribution in [3.8, 4) is 0 Å². The molecule has 1 aliphatic heterocycles. The molecule has 1 amide bonds. The Bertz CT molecular complexity index is 850. The summed E-state index contributed by atoms with van der Waals surface area (Å²) in [6.45, 7) is 1.45. The predicted octanol–water partition coefficient (Wildman–Crippen LogP) is 2.97. The molecule has 2 aromatic rings. The number of carbonyl (C=O) groups excluding carboxylic acids is 1. The number of rotatable bonds is 5. The minimum Gasteiger partial charge on any atom is -0.339 e. The van der Waals surface area contributed by atoms with Crippen molar-refractivity contribution in [3.63, 3.8) is 0 Å². The maximum absolute atomic E-state index is 12.6. The molecule has 1 saturated heterocycles. The molecule has 0 N–H and O–H groups in total. The Balaban J connectivity index is 1.53. The van der Waals surface area contributed by atoms with Crippen molar-refractivity contribution in [2.45, 2.75) is 9.79 Å². The molecule has 0 saturated carbocycles. The highest BCUT2D eigenvalue weighted by Gasteiger charge is 2.29. The summed E-state index contributed by atoms with van der Waals surface area (Å²) in [5.74, 6) is 0.342. The molecule has 1 fully saturated rings. The average Bonchev–Trinajstić information content (AvgIpc) is 2.68. The highest BCUT2D eigenvalue weighted by atomic mass is 35.5. The summed E-state index contributed by atoms with van der Waals surface area (Å²) in [6.07, 6.45) is 0. The Morgan fingerprint density at radius 3 is 2.19 bits per heavy atom. The van der Waals surface area contributed by atoms with Gasteiger partial charge in [0.05, 0.1) is 10.6 Å². The lowest BCUT2D eigenvalue weighted by Gasteiger charge is -2.34. The summed E-state index contributed by atoms with van der Waals surface area (Å²) in [7, 11) is -3.49. The highest BCUT2D eigenvalue weighted by molar-refractivity contribution is 8.00. The summed E-state index contributed by atoms with van der Waals surface area (Å²) in [6, 6.07) is 15.7. The first kappa shape index (κ1) is 19.2. The Hall–Kier alpha value is -1.54. The smallest absolute Gasteiger partial charge is 0.243 e. The van der Waals surface area contributed by atoms with Gasteiger partial charge in [0.25, 0.3) is 0 Å². The summed E-state index contributed by atoms with van der Waals surface area (Å²) < 4.78 is 26.7. The topological polar surface area (TPSA) is 57.7 Å². The Morgan fingerprint density at radius 2 is 1.58 bits per heavy atom. The first-order chi connectivity index (χ1) is 12.5. The molecule has 0 aromatic heterocycles. The normalized spacial score (nSPS) is 15.8. The zero-order valence-corrected chi connectivity index (χ0v) is 16.4. The minimum absolute atomic E-state index is 0.0155. The molecule has 1 heterocycles. The monoisotopic (exact) mass is 410 g/mol. The molecule has 2 aromatic carbocycles. The largest absolute Gasteiger partial charge is 0.339 e. The molecule has 0 radical (unpaired) electrons. The summed E-state index contributed by atoms with van der Waals surface area (Å²) >= 11 is 7.31. The van der Waals surface area contributed by atoms with E-state index < -0.39 is 10.0 Å². The number of hydrogen-bond donors (Lipinski definition) is 0. The van der Waals surface area contributed by atoms with Crippen molar-refractivity contribution >= 4 is 39.3 Å². The number of nitrogens with zero attached hydrogens (tertiary/aromatic N) is 2. The lowest BCUT2D eigenvalue weighted by atomic mass is 10.3. The SMILES string of the molecule is O=C(CSc1ccc(Cl)cc1)N1CCN(S(=O)(=O)c2ccccc2)CC1. The van der Waals surface area contributed by atoms with Crippen LogP contribution in [0.4, 0.5) is 0 Å². The van der Waals surface area contributed by atoms with Crippen LogP contribution in [0.25, 0.3) is 0 Å². The zero-order chi connectivity index (χ0) is 18.6. The van der Waals surface area contributed by atoms with Gasteiger partial charge >= 0.3 is 0 Å². The van der Waals surface area contributed by atoms with E-state index in [-0.39, 0.29) is 10.8 Å². The first-order valence-electron chi connectivity index (χ1n) is 8.18. The standard InChI is InChI=1S/C18H19ClN2O3S2/c19-15-6-8-16(9-7-15)25-14-18(22)20-10-12-21(13-11-20)26(23,24)17-4-2-1-3-5-17/h1-9H,10-14H2. The summed E-state index contributed by atoms with van der Waals surface area (Å²) in [4.78, 5) is 15.4. The van der Waals surface area contributed by atoms with Gasteiger partial charge in [-0.3, -0.25) is 4.79 Å². The van der Waals surface area contributed by atoms with E-state index in [1.807, 2.05) is 12.1 Å². The van der Waals surface area contributed by atoms with Crippen LogP contribution in [-0.4, -0.2) is 55.5 Å². The van der Waals surface area contributed by atoms with E-state index >= 15 is 0 Å². The van der Waals surface area contributed by atoms with Crippen LogP contribution in [0, 0.1) is 0 Å². The molecule has 8 heteroatoms. The number of hydrogen-bond acceptors (Lipinski definition) is 4. The van der Waals surface area contributed by atoms with Gasteiger partial charge in [-0.15, -0.1) is 11.8 Å². The number of benzene rings is 2. The molecule has 5 nitrogen and oxygen atoms in total. The van der Waals surface area contributed by atoms with E-state index in [1.165, 1.54) is 16.1 Å². The fourth-order valence-corrected chi connectivity index (χ4v) is 5.06. The predicted molar refractivity (Wildman–Crippen MR) is 104 cm³/mol. The van der Waals surface area contributed by atoms with Crippen LogP contribution in [0.1, 0.15) is 0 Å². The van der Waals surface area contributed by atoms with Crippen molar-refractivity contribution < 1.29 is 13.2 Å². The quantitative estimate of drug-likeness (QED) is 0.711. The second-order valence-electron chi connectivity index (χ2n) is 5.84. The fourth-order valence-electron chi connectivity index (χ4n) is 2.69. The molecule has 0 atom stereocenters. The first-order valence-corrected chi connectivity index (χ1v) is 11.0. The van der Waals surface area contributed by atoms with Gasteiger partial charge in [0.2, 0.25) is 15.9 Å². The van der Waals surface area contributed by atoms with E-state index in [2.05, 4.69) is 0 Å². The van der Waals surface area contributed by atoms with E-state index in [1.54, 1.807) is 47.4 Å². The van der Waals surface area contributed by atoms with Gasteiger partial charge < -0.3 is 4.90 Å². The molecular formula is C18H19ClN2O3S2. The summed E-state index contributed by atoms with van der Waals surface area (Å²) in [5, 5.41) is 0.663. The lowest BCUT2D eigenvalue weighted by Crippen LogP contribution is -2.50. The van der Waals surface area contributed by atoms with Crippen LogP contribution in [0.5, 0.6) is 0 Å². The van der Waals surface area contributed by atoms with Crippen molar-refractivity contribution in [2.75, 3.05) is 31.9 Å². The van der Waals surface area contributed by atoms with Gasteiger partial charge in [-0.1, -0.05) is 29.8 Å². The second-order valence-corrected chi connectivity index (χ2v) is 9.26. The Morgan fingerprint density at radius 1 is 0.962 bits per heavy atom. The lowest BCUT2D eigenvalue weighted by molar-refractivity contribution is -0.129. The number of thioether (sulfide) groups is 1. The molecule has 138 valence electrons. The van der Waals surface area contributed by atoms with Crippen molar-refractivity contribution in [3.05, 3.63) is 59.6 Å². The molecule has 0 aliphatic carbocycles. The third kappa shape index (κ3) is 4.59. The molecule has 0 spiro atoms. The van der Waals surface area contributed by atoms with Crippen LogP contribution >= 0.6 is 23.4 Å². The van der Waals surface area contributed by atoms with Gasteiger partial charge in [-0.25, -0.2) is 8.42 Å². The van der Waals surface area contributed by atoms with Crippen LogP contribution in [0.3, 0.4) is 0 Å². The van der Waals surface area contributed by atoms with Crippen LogP contribution in [0.2, 0.25) is 5.02 Å². The number of halogens is 1. The average molecular weight is 411 g/mol. The van der Waals surface area contributed by atoms with Gasteiger partial charge in [-0.2, -0.15) is 4.31 Å². The van der Waals surface area contributed by atoms with Gasteiger partial charge in [0.15, 0.2) is 0 Å². The van der Waals surface area contributed by atoms with E-state index in [0.717, 1.165) is 4.90 Å². The number of carbonyl (C=O) groups is 1. The van der Waals surface area contributed by atoms with Crippen molar-refractivity contribution in [1.82, 2.24) is 9.21 Å². The third-order valence-electron chi connectivity index (χ3n) is 4.15. The molecule has 1 aliphatic rings. The number of piperazine rings is 1. The molecule has 0 bridgehead atoms. The van der Waals surface area contributed by atoms with Gasteiger partial charge in [-0.05, 0) is 36.4 Å². The Labute approximate surface area is 163 Å². The molecule has 26 heavy (non-hydrogen) atoms. The maximum atomic E-state index is 12.6. The molecular weight excluding hydrogens is 392 g/mol. The van der Waals surface area contributed by atoms with E-state index in [4.69, 9.17) is 11.6 Å². The maximum Gasteiger partial charge on any atom is 0.243 e. The van der Waals surface area contributed by atoms with Gasteiger partial charge in [0, 0.05) is 36.1 Å². The fraction of sp³-hybridized carbons (Fsp3) is 0.278. The van der Waals surface area contributed by atoms with E-state index in [9.17, 15) is 13.2 Å². The summed E-state index contributed by atoms with van der Waals surface area (Å²) in [5.41, 5.74) is 0. The van der Waals surface area contributed by atoms with Crippen LogP contribution in [-0.2, 0) is 14.8 Å². The van der Waals surface area contributed by atoms with Crippen LogP contribution in [0.15, 0.2) is 64.4 Å². The third-order valence-corrected chi connectivity index (χ3v) is 7.31. The number of sulfonamides is 1. The zero-order valence-electron chi connectivity index (χ0n) is 14.0. The van der Waals surface area contributed by atoms with Gasteiger partial charge in [0.1, 0.15) is 0 Å². The molecule has 0 unspecified atom stereocenters. The van der Waals surface area contributed by atoms with Crippen molar-refractivity contribution in [2.24, 2.45) is 0 Å². The number of amides is 1. The molecule has 3 rings (SSSR count).